The van der Waals surface area contributed by atoms with Gasteiger partial charge in [0.05, 0.1) is 12.5 Å². The van der Waals surface area contributed by atoms with Crippen molar-refractivity contribution in [1.82, 2.24) is 9.80 Å². The van der Waals surface area contributed by atoms with Crippen LogP contribution in [0.3, 0.4) is 0 Å². The molecule has 2 heterocycles. The fraction of sp³-hybridized carbons (Fsp3) is 0.571. The number of aryl methyl sites for hydroxylation is 1. The molecule has 0 saturated carbocycles. The molecule has 2 amide bonds. The minimum Gasteiger partial charge on any atom is -0.481 e. The summed E-state index contributed by atoms with van der Waals surface area (Å²) >= 11 is 0. The van der Waals surface area contributed by atoms with Crippen LogP contribution < -0.4 is 0 Å². The maximum atomic E-state index is 12.3. The summed E-state index contributed by atoms with van der Waals surface area (Å²) in [6, 6.07) is 3.53. The zero-order chi connectivity index (χ0) is 14.9. The molecular formula is C14H20N2O4. The molecule has 1 aliphatic heterocycles. The van der Waals surface area contributed by atoms with Gasteiger partial charge in [-0.15, -0.1) is 0 Å². The number of carboxylic acid groups (broad SMARTS) is 1. The number of carbonyl (C=O) groups excluding carboxylic acids is 1. The largest absolute Gasteiger partial charge is 0.481 e. The molecule has 0 aromatic carbocycles. The average Bonchev–Trinajstić information content (AvgIpc) is 2.94. The van der Waals surface area contributed by atoms with E-state index < -0.39 is 11.9 Å². The number of carboxylic acids is 1. The van der Waals surface area contributed by atoms with Crippen molar-refractivity contribution in [3.63, 3.8) is 0 Å². The number of furan rings is 1. The van der Waals surface area contributed by atoms with E-state index in [0.717, 1.165) is 11.5 Å². The molecule has 1 aromatic heterocycles. The number of hydrogen-bond acceptors (Lipinski definition) is 3. The van der Waals surface area contributed by atoms with Gasteiger partial charge in [-0.05, 0) is 25.0 Å². The second-order valence-electron chi connectivity index (χ2n) is 5.48. The molecule has 6 heteroatoms. The van der Waals surface area contributed by atoms with E-state index in [4.69, 9.17) is 9.52 Å². The molecule has 110 valence electrons. The van der Waals surface area contributed by atoms with E-state index in [1.165, 1.54) is 0 Å². The summed E-state index contributed by atoms with van der Waals surface area (Å²) in [6.07, 6.45) is 0. The van der Waals surface area contributed by atoms with Crippen molar-refractivity contribution in [2.45, 2.75) is 20.4 Å². The molecule has 2 unspecified atom stereocenters. The molecule has 2 rings (SSSR count). The van der Waals surface area contributed by atoms with E-state index in [-0.39, 0.29) is 18.5 Å². The summed E-state index contributed by atoms with van der Waals surface area (Å²) in [5.41, 5.74) is 0. The third kappa shape index (κ3) is 2.95. The molecule has 1 N–H and O–H groups in total. The first-order chi connectivity index (χ1) is 9.38. The van der Waals surface area contributed by atoms with Crippen LogP contribution in [0.1, 0.15) is 18.4 Å². The molecule has 0 spiro atoms. The topological polar surface area (TPSA) is 74.0 Å². The lowest BCUT2D eigenvalue weighted by atomic mass is 9.99. The first kappa shape index (κ1) is 14.4. The lowest BCUT2D eigenvalue weighted by Gasteiger charge is -2.23. The number of nitrogens with zero attached hydrogens (tertiary/aromatic N) is 2. The SMILES string of the molecule is Cc1ccc(CN(C)C(=O)N2CC(C)C(C(=O)O)C2)o1. The smallest absolute Gasteiger partial charge is 0.320 e. The van der Waals surface area contributed by atoms with Gasteiger partial charge in [0, 0.05) is 20.1 Å². The molecule has 1 fully saturated rings. The Morgan fingerprint density at radius 1 is 1.45 bits per heavy atom. The van der Waals surface area contributed by atoms with E-state index in [1.54, 1.807) is 16.8 Å². The zero-order valence-electron chi connectivity index (χ0n) is 12.0. The van der Waals surface area contributed by atoms with Gasteiger partial charge >= 0.3 is 12.0 Å². The van der Waals surface area contributed by atoms with Gasteiger partial charge in [0.25, 0.3) is 0 Å². The van der Waals surface area contributed by atoms with Gasteiger partial charge in [-0.1, -0.05) is 6.92 Å². The highest BCUT2D eigenvalue weighted by atomic mass is 16.4. The Labute approximate surface area is 118 Å². The van der Waals surface area contributed by atoms with E-state index in [0.29, 0.717) is 13.1 Å². The van der Waals surface area contributed by atoms with Crippen LogP contribution in [-0.2, 0) is 11.3 Å². The number of aliphatic carboxylic acids is 1. The normalized spacial score (nSPS) is 22.1. The van der Waals surface area contributed by atoms with E-state index in [2.05, 4.69) is 0 Å². The number of urea groups is 1. The maximum absolute atomic E-state index is 12.3. The summed E-state index contributed by atoms with van der Waals surface area (Å²) < 4.78 is 5.44. The van der Waals surface area contributed by atoms with Crippen LogP contribution in [-0.4, -0.2) is 47.0 Å². The second kappa shape index (κ2) is 5.56. The quantitative estimate of drug-likeness (QED) is 0.916. The van der Waals surface area contributed by atoms with Crippen LogP contribution in [0.15, 0.2) is 16.5 Å². The number of amides is 2. The highest BCUT2D eigenvalue weighted by Gasteiger charge is 2.37. The fourth-order valence-electron chi connectivity index (χ4n) is 2.56. The highest BCUT2D eigenvalue weighted by molar-refractivity contribution is 5.77. The predicted octanol–water partition coefficient (Wildman–Crippen LogP) is 1.79. The summed E-state index contributed by atoms with van der Waals surface area (Å²) in [7, 11) is 1.69. The van der Waals surface area contributed by atoms with Gasteiger partial charge in [0.2, 0.25) is 0 Å². The third-order valence-electron chi connectivity index (χ3n) is 3.72. The number of rotatable bonds is 3. The van der Waals surface area contributed by atoms with Crippen molar-refractivity contribution in [3.05, 3.63) is 23.7 Å². The third-order valence-corrected chi connectivity index (χ3v) is 3.72. The van der Waals surface area contributed by atoms with Crippen molar-refractivity contribution in [2.24, 2.45) is 11.8 Å². The predicted molar refractivity (Wildman–Crippen MR) is 72.2 cm³/mol. The molecule has 1 aliphatic rings. The Hall–Kier alpha value is -1.98. The Morgan fingerprint density at radius 3 is 2.65 bits per heavy atom. The standard InChI is InChI=1S/C14H20N2O4/c1-9-6-16(8-12(9)13(17)18)14(19)15(3)7-11-5-4-10(2)20-11/h4-5,9,12H,6-8H2,1-3H3,(H,17,18). The van der Waals surface area contributed by atoms with E-state index in [1.807, 2.05) is 26.0 Å². The number of likely N-dealkylation sites (tertiary alicyclic amines) is 1. The van der Waals surface area contributed by atoms with Crippen LogP contribution >= 0.6 is 0 Å². The van der Waals surface area contributed by atoms with Crippen LogP contribution in [0.25, 0.3) is 0 Å². The number of hydrogen-bond donors (Lipinski definition) is 1. The first-order valence-corrected chi connectivity index (χ1v) is 6.66. The van der Waals surface area contributed by atoms with Crippen molar-refractivity contribution in [2.75, 3.05) is 20.1 Å². The van der Waals surface area contributed by atoms with Crippen LogP contribution in [0.2, 0.25) is 0 Å². The Kier molecular flexibility index (Phi) is 4.01. The molecular weight excluding hydrogens is 260 g/mol. The summed E-state index contributed by atoms with van der Waals surface area (Å²) in [6.45, 7) is 4.86. The van der Waals surface area contributed by atoms with Crippen molar-refractivity contribution >= 4 is 12.0 Å². The summed E-state index contributed by atoms with van der Waals surface area (Å²) in [4.78, 5) is 26.5. The lowest BCUT2D eigenvalue weighted by Crippen LogP contribution is -2.39. The molecule has 20 heavy (non-hydrogen) atoms. The molecule has 6 nitrogen and oxygen atoms in total. The van der Waals surface area contributed by atoms with Gasteiger partial charge in [0.15, 0.2) is 0 Å². The van der Waals surface area contributed by atoms with Gasteiger partial charge < -0.3 is 19.3 Å². The van der Waals surface area contributed by atoms with Crippen LogP contribution in [0, 0.1) is 18.8 Å². The van der Waals surface area contributed by atoms with E-state index >= 15 is 0 Å². The summed E-state index contributed by atoms with van der Waals surface area (Å²) in [5, 5.41) is 9.09. The maximum Gasteiger partial charge on any atom is 0.320 e. The average molecular weight is 280 g/mol. The number of carbonyl (C=O) groups is 2. The fourth-order valence-corrected chi connectivity index (χ4v) is 2.56. The summed E-state index contributed by atoms with van der Waals surface area (Å²) in [5.74, 6) is 0.202. The van der Waals surface area contributed by atoms with E-state index in [9.17, 15) is 9.59 Å². The minimum atomic E-state index is -0.836. The van der Waals surface area contributed by atoms with Crippen LogP contribution in [0.4, 0.5) is 4.79 Å². The Morgan fingerprint density at radius 2 is 2.15 bits per heavy atom. The first-order valence-electron chi connectivity index (χ1n) is 6.66. The Balaban J connectivity index is 1.96. The molecule has 0 bridgehead atoms. The minimum absolute atomic E-state index is 0.0179. The zero-order valence-corrected chi connectivity index (χ0v) is 12.0. The monoisotopic (exact) mass is 280 g/mol. The molecule has 1 saturated heterocycles. The van der Waals surface area contributed by atoms with Gasteiger partial charge in [-0.25, -0.2) is 4.79 Å². The second-order valence-corrected chi connectivity index (χ2v) is 5.48. The Bertz CT molecular complexity index is 511. The molecule has 0 aliphatic carbocycles. The van der Waals surface area contributed by atoms with Gasteiger partial charge in [-0.2, -0.15) is 0 Å². The van der Waals surface area contributed by atoms with Gasteiger partial charge in [-0.3, -0.25) is 4.79 Å². The van der Waals surface area contributed by atoms with Crippen molar-refractivity contribution in [1.29, 1.82) is 0 Å². The van der Waals surface area contributed by atoms with Gasteiger partial charge in [0.1, 0.15) is 11.5 Å². The highest BCUT2D eigenvalue weighted by Crippen LogP contribution is 2.24. The van der Waals surface area contributed by atoms with Crippen LogP contribution in [0.5, 0.6) is 0 Å². The molecule has 0 radical (unpaired) electrons. The van der Waals surface area contributed by atoms with Crippen molar-refractivity contribution < 1.29 is 19.1 Å². The molecule has 1 aromatic rings. The lowest BCUT2D eigenvalue weighted by molar-refractivity contribution is -0.142. The molecule has 2 atom stereocenters. The van der Waals surface area contributed by atoms with Crippen molar-refractivity contribution in [3.8, 4) is 0 Å².